The molecule has 1 amide bonds. The summed E-state index contributed by atoms with van der Waals surface area (Å²) in [4.78, 5) is 16.5. The molecule has 1 aromatic carbocycles. The maximum Gasteiger partial charge on any atom is 0.263 e. The molecule has 1 aliphatic heterocycles. The van der Waals surface area contributed by atoms with Gasteiger partial charge >= 0.3 is 0 Å². The van der Waals surface area contributed by atoms with Crippen molar-refractivity contribution in [1.29, 1.82) is 0 Å². The monoisotopic (exact) mass is 342 g/mol. The van der Waals surface area contributed by atoms with E-state index in [1.165, 1.54) is 0 Å². The van der Waals surface area contributed by atoms with E-state index in [4.69, 9.17) is 27.9 Å². The van der Waals surface area contributed by atoms with Crippen molar-refractivity contribution in [3.05, 3.63) is 40.9 Å². The minimum Gasteiger partial charge on any atom is -0.479 e. The second kappa shape index (κ2) is 7.86. The third kappa shape index (κ3) is 4.38. The summed E-state index contributed by atoms with van der Waals surface area (Å²) in [6.07, 6.45) is 1.28. The average molecular weight is 343 g/mol. The van der Waals surface area contributed by atoms with Gasteiger partial charge in [0.1, 0.15) is 5.75 Å². The lowest BCUT2D eigenvalue weighted by Crippen LogP contribution is -2.51. The third-order valence-corrected chi connectivity index (χ3v) is 4.16. The molecule has 1 heterocycles. The Hall–Kier alpha value is -1.23. The lowest BCUT2D eigenvalue weighted by atomic mass is 10.2. The minimum atomic E-state index is -0.595. The summed E-state index contributed by atoms with van der Waals surface area (Å²) in [7, 11) is 0. The number of carbonyl (C=O) groups excluding carboxylic acids is 1. The summed E-state index contributed by atoms with van der Waals surface area (Å²) in [6.45, 7) is 9.41. The molecule has 120 valence electrons. The fraction of sp³-hybridized carbons (Fsp3) is 0.438. The maximum absolute atomic E-state index is 12.4. The molecule has 1 fully saturated rings. The number of amides is 1. The van der Waals surface area contributed by atoms with E-state index in [-0.39, 0.29) is 5.91 Å². The number of ether oxygens (including phenoxy) is 1. The number of hydrogen-bond donors (Lipinski definition) is 0. The van der Waals surface area contributed by atoms with E-state index in [0.717, 1.165) is 19.6 Å². The maximum atomic E-state index is 12.4. The van der Waals surface area contributed by atoms with E-state index < -0.39 is 6.10 Å². The Bertz CT molecular complexity index is 543. The zero-order valence-electron chi connectivity index (χ0n) is 12.6. The summed E-state index contributed by atoms with van der Waals surface area (Å²) in [6, 6.07) is 4.96. The van der Waals surface area contributed by atoms with Crippen LogP contribution in [0.3, 0.4) is 0 Å². The van der Waals surface area contributed by atoms with E-state index in [2.05, 4.69) is 11.5 Å². The van der Waals surface area contributed by atoms with Gasteiger partial charge in [-0.05, 0) is 19.1 Å². The number of piperazine rings is 1. The van der Waals surface area contributed by atoms with Gasteiger partial charge < -0.3 is 9.64 Å². The molecule has 4 nitrogen and oxygen atoms in total. The van der Waals surface area contributed by atoms with Crippen molar-refractivity contribution < 1.29 is 9.53 Å². The van der Waals surface area contributed by atoms with Crippen molar-refractivity contribution in [2.75, 3.05) is 32.7 Å². The summed E-state index contributed by atoms with van der Waals surface area (Å²) in [5.74, 6) is 0.398. The number of hydrogen-bond acceptors (Lipinski definition) is 3. The highest BCUT2D eigenvalue weighted by molar-refractivity contribution is 6.34. The smallest absolute Gasteiger partial charge is 0.263 e. The molecule has 1 aromatic rings. The molecular formula is C16H20Cl2N2O2. The van der Waals surface area contributed by atoms with E-state index in [1.807, 2.05) is 11.0 Å². The predicted octanol–water partition coefficient (Wildman–Crippen LogP) is 3.09. The van der Waals surface area contributed by atoms with Gasteiger partial charge in [0.25, 0.3) is 5.91 Å². The standard InChI is InChI=1S/C16H20Cl2N2O2/c1-3-6-19-7-9-20(10-8-19)16(21)12(2)22-15-11-13(17)4-5-14(15)18/h3-5,11-12H,1,6-10H2,2H3/t12-/m1/s1. The van der Waals surface area contributed by atoms with Gasteiger partial charge in [-0.3, -0.25) is 9.69 Å². The second-order valence-corrected chi connectivity index (χ2v) is 6.09. The van der Waals surface area contributed by atoms with Crippen LogP contribution in [0.5, 0.6) is 5.75 Å². The van der Waals surface area contributed by atoms with E-state index in [9.17, 15) is 4.79 Å². The summed E-state index contributed by atoms with van der Waals surface area (Å²) in [5, 5.41) is 0.969. The highest BCUT2D eigenvalue weighted by atomic mass is 35.5. The first-order chi connectivity index (χ1) is 10.5. The number of rotatable bonds is 5. The zero-order valence-corrected chi connectivity index (χ0v) is 14.1. The molecule has 1 saturated heterocycles. The molecule has 0 N–H and O–H groups in total. The Kier molecular flexibility index (Phi) is 6.12. The number of halogens is 2. The molecule has 0 radical (unpaired) electrons. The van der Waals surface area contributed by atoms with Crippen LogP contribution in [0.1, 0.15) is 6.92 Å². The van der Waals surface area contributed by atoms with Crippen LogP contribution in [0.25, 0.3) is 0 Å². The first-order valence-corrected chi connectivity index (χ1v) is 8.00. The van der Waals surface area contributed by atoms with Gasteiger partial charge in [-0.15, -0.1) is 6.58 Å². The second-order valence-electron chi connectivity index (χ2n) is 5.25. The van der Waals surface area contributed by atoms with E-state index in [0.29, 0.717) is 28.9 Å². The molecule has 0 unspecified atom stereocenters. The number of benzene rings is 1. The Morgan fingerprint density at radius 1 is 1.36 bits per heavy atom. The van der Waals surface area contributed by atoms with Crippen LogP contribution in [0, 0.1) is 0 Å². The quantitative estimate of drug-likeness (QED) is 0.771. The molecule has 0 aromatic heterocycles. The van der Waals surface area contributed by atoms with Crippen LogP contribution >= 0.6 is 23.2 Å². The van der Waals surface area contributed by atoms with Crippen molar-refractivity contribution in [3.63, 3.8) is 0 Å². The Morgan fingerprint density at radius 2 is 2.05 bits per heavy atom. The molecule has 6 heteroatoms. The molecule has 22 heavy (non-hydrogen) atoms. The van der Waals surface area contributed by atoms with Crippen LogP contribution in [-0.4, -0.2) is 54.5 Å². The van der Waals surface area contributed by atoms with Crippen LogP contribution < -0.4 is 4.74 Å². The molecule has 0 bridgehead atoms. The van der Waals surface area contributed by atoms with Gasteiger partial charge in [-0.25, -0.2) is 0 Å². The van der Waals surface area contributed by atoms with Crippen molar-refractivity contribution in [3.8, 4) is 5.75 Å². The van der Waals surface area contributed by atoms with Crippen LogP contribution in [0.4, 0.5) is 0 Å². The third-order valence-electron chi connectivity index (χ3n) is 3.62. The predicted molar refractivity (Wildman–Crippen MR) is 89.8 cm³/mol. The van der Waals surface area contributed by atoms with E-state index >= 15 is 0 Å². The number of nitrogens with zero attached hydrogens (tertiary/aromatic N) is 2. The zero-order chi connectivity index (χ0) is 16.1. The minimum absolute atomic E-state index is 0.0331. The first-order valence-electron chi connectivity index (χ1n) is 7.25. The first kappa shape index (κ1) is 17.1. The molecule has 0 aliphatic carbocycles. The van der Waals surface area contributed by atoms with Crippen molar-refractivity contribution in [2.45, 2.75) is 13.0 Å². The topological polar surface area (TPSA) is 32.8 Å². The Labute approximate surface area is 141 Å². The summed E-state index contributed by atoms with van der Waals surface area (Å²) >= 11 is 12.0. The molecule has 2 rings (SSSR count). The molecule has 1 atom stereocenters. The average Bonchev–Trinajstić information content (AvgIpc) is 2.51. The SMILES string of the molecule is C=CCN1CCN(C(=O)[C@@H](C)Oc2cc(Cl)ccc2Cl)CC1. The highest BCUT2D eigenvalue weighted by Crippen LogP contribution is 2.28. The fourth-order valence-electron chi connectivity index (χ4n) is 2.40. The summed E-state index contributed by atoms with van der Waals surface area (Å²) in [5.41, 5.74) is 0. The fourth-order valence-corrected chi connectivity index (χ4v) is 2.72. The largest absolute Gasteiger partial charge is 0.479 e. The van der Waals surface area contributed by atoms with Gasteiger partial charge in [0.05, 0.1) is 5.02 Å². The van der Waals surface area contributed by atoms with Crippen LogP contribution in [0.15, 0.2) is 30.9 Å². The molecule has 0 saturated carbocycles. The lowest BCUT2D eigenvalue weighted by Gasteiger charge is -2.35. The van der Waals surface area contributed by atoms with Gasteiger partial charge in [0.2, 0.25) is 0 Å². The Morgan fingerprint density at radius 3 is 2.68 bits per heavy atom. The van der Waals surface area contributed by atoms with E-state index in [1.54, 1.807) is 25.1 Å². The Balaban J connectivity index is 1.92. The molecular weight excluding hydrogens is 323 g/mol. The van der Waals surface area contributed by atoms with Crippen LogP contribution in [0.2, 0.25) is 10.0 Å². The van der Waals surface area contributed by atoms with Crippen molar-refractivity contribution >= 4 is 29.1 Å². The van der Waals surface area contributed by atoms with Gasteiger partial charge in [0, 0.05) is 43.8 Å². The lowest BCUT2D eigenvalue weighted by molar-refractivity contribution is -0.139. The molecule has 0 spiro atoms. The van der Waals surface area contributed by atoms with Crippen molar-refractivity contribution in [2.24, 2.45) is 0 Å². The van der Waals surface area contributed by atoms with Crippen molar-refractivity contribution in [1.82, 2.24) is 9.80 Å². The van der Waals surface area contributed by atoms with Crippen LogP contribution in [-0.2, 0) is 4.79 Å². The molecule has 1 aliphatic rings. The normalized spacial score (nSPS) is 17.1. The number of carbonyl (C=O) groups is 1. The highest BCUT2D eigenvalue weighted by Gasteiger charge is 2.26. The van der Waals surface area contributed by atoms with Gasteiger partial charge in [-0.2, -0.15) is 0 Å². The summed E-state index contributed by atoms with van der Waals surface area (Å²) < 4.78 is 5.68. The van der Waals surface area contributed by atoms with Gasteiger partial charge in [-0.1, -0.05) is 29.3 Å². The van der Waals surface area contributed by atoms with Gasteiger partial charge in [0.15, 0.2) is 6.10 Å².